The lowest BCUT2D eigenvalue weighted by atomic mass is 9.99. The van der Waals surface area contributed by atoms with Crippen molar-refractivity contribution in [3.05, 3.63) is 30.3 Å². The SMILES string of the molecule is CC[C@H]1CCCCN1C(=O)[C@@H](C)Oc1ccccc1. The highest BCUT2D eigenvalue weighted by Crippen LogP contribution is 2.21. The first kappa shape index (κ1) is 13.9. The Morgan fingerprint density at radius 2 is 2.11 bits per heavy atom. The van der Waals surface area contributed by atoms with Gasteiger partial charge in [0, 0.05) is 12.6 Å². The molecule has 1 saturated heterocycles. The van der Waals surface area contributed by atoms with Crippen molar-refractivity contribution < 1.29 is 9.53 Å². The van der Waals surface area contributed by atoms with Crippen LogP contribution in [0.15, 0.2) is 30.3 Å². The lowest BCUT2D eigenvalue weighted by molar-refractivity contribution is -0.141. The average molecular weight is 261 g/mol. The number of carbonyl (C=O) groups excluding carboxylic acids is 1. The second kappa shape index (κ2) is 6.60. The summed E-state index contributed by atoms with van der Waals surface area (Å²) in [5, 5.41) is 0. The van der Waals surface area contributed by atoms with Gasteiger partial charge < -0.3 is 9.64 Å². The van der Waals surface area contributed by atoms with Gasteiger partial charge in [0.25, 0.3) is 5.91 Å². The van der Waals surface area contributed by atoms with Gasteiger partial charge in [-0.25, -0.2) is 0 Å². The predicted molar refractivity (Wildman–Crippen MR) is 76.2 cm³/mol. The van der Waals surface area contributed by atoms with Crippen LogP contribution in [0.5, 0.6) is 5.75 Å². The highest BCUT2D eigenvalue weighted by atomic mass is 16.5. The molecule has 0 N–H and O–H groups in total. The minimum absolute atomic E-state index is 0.121. The second-order valence-corrected chi connectivity index (χ2v) is 5.16. The number of para-hydroxylation sites is 1. The fraction of sp³-hybridized carbons (Fsp3) is 0.562. The number of likely N-dealkylation sites (tertiary alicyclic amines) is 1. The molecule has 1 heterocycles. The monoisotopic (exact) mass is 261 g/mol. The number of piperidine rings is 1. The van der Waals surface area contributed by atoms with E-state index in [1.54, 1.807) is 0 Å². The molecule has 0 bridgehead atoms. The van der Waals surface area contributed by atoms with Crippen LogP contribution in [-0.2, 0) is 4.79 Å². The molecule has 0 aromatic heterocycles. The van der Waals surface area contributed by atoms with Crippen molar-refractivity contribution in [2.45, 2.75) is 51.7 Å². The maximum absolute atomic E-state index is 12.5. The van der Waals surface area contributed by atoms with Crippen molar-refractivity contribution in [2.24, 2.45) is 0 Å². The first-order valence-electron chi connectivity index (χ1n) is 7.24. The molecular weight excluding hydrogens is 238 g/mol. The van der Waals surface area contributed by atoms with Gasteiger partial charge in [-0.05, 0) is 44.7 Å². The molecule has 3 nitrogen and oxygen atoms in total. The van der Waals surface area contributed by atoms with Crippen LogP contribution >= 0.6 is 0 Å². The molecule has 1 aliphatic rings. The number of benzene rings is 1. The van der Waals surface area contributed by atoms with E-state index in [1.165, 1.54) is 6.42 Å². The van der Waals surface area contributed by atoms with Gasteiger partial charge in [0.05, 0.1) is 0 Å². The van der Waals surface area contributed by atoms with Crippen molar-refractivity contribution in [3.8, 4) is 5.75 Å². The van der Waals surface area contributed by atoms with Gasteiger partial charge >= 0.3 is 0 Å². The van der Waals surface area contributed by atoms with E-state index in [9.17, 15) is 4.79 Å². The zero-order chi connectivity index (χ0) is 13.7. The lowest BCUT2D eigenvalue weighted by Crippen LogP contribution is -2.48. The number of nitrogens with zero attached hydrogens (tertiary/aromatic N) is 1. The van der Waals surface area contributed by atoms with E-state index in [0.29, 0.717) is 6.04 Å². The van der Waals surface area contributed by atoms with E-state index >= 15 is 0 Å². The van der Waals surface area contributed by atoms with Crippen molar-refractivity contribution in [3.63, 3.8) is 0 Å². The summed E-state index contributed by atoms with van der Waals surface area (Å²) in [4.78, 5) is 14.5. The molecule has 1 aliphatic heterocycles. The fourth-order valence-electron chi connectivity index (χ4n) is 2.70. The topological polar surface area (TPSA) is 29.5 Å². The Morgan fingerprint density at radius 1 is 1.37 bits per heavy atom. The molecule has 2 rings (SSSR count). The number of rotatable bonds is 4. The molecule has 1 aromatic rings. The highest BCUT2D eigenvalue weighted by molar-refractivity contribution is 5.81. The summed E-state index contributed by atoms with van der Waals surface area (Å²) in [6.45, 7) is 4.87. The molecule has 3 heteroatoms. The third-order valence-electron chi connectivity index (χ3n) is 3.79. The molecule has 0 unspecified atom stereocenters. The summed E-state index contributed by atoms with van der Waals surface area (Å²) in [7, 11) is 0. The first-order chi connectivity index (χ1) is 9.22. The quantitative estimate of drug-likeness (QED) is 0.832. The summed E-state index contributed by atoms with van der Waals surface area (Å²) in [6, 6.07) is 9.94. The largest absolute Gasteiger partial charge is 0.481 e. The molecule has 1 fully saturated rings. The minimum atomic E-state index is -0.408. The normalized spacial score (nSPS) is 20.9. The minimum Gasteiger partial charge on any atom is -0.481 e. The summed E-state index contributed by atoms with van der Waals surface area (Å²) in [5.41, 5.74) is 0. The van der Waals surface area contributed by atoms with Gasteiger partial charge in [-0.1, -0.05) is 25.1 Å². The molecule has 0 aliphatic carbocycles. The zero-order valence-electron chi connectivity index (χ0n) is 11.8. The molecule has 0 spiro atoms. The van der Waals surface area contributed by atoms with Crippen LogP contribution in [0.3, 0.4) is 0 Å². The van der Waals surface area contributed by atoms with Crippen molar-refractivity contribution in [1.82, 2.24) is 4.90 Å². The summed E-state index contributed by atoms with van der Waals surface area (Å²) < 4.78 is 5.73. The van der Waals surface area contributed by atoms with Gasteiger partial charge in [0.1, 0.15) is 5.75 Å². The molecule has 104 valence electrons. The van der Waals surface area contributed by atoms with Crippen LogP contribution < -0.4 is 4.74 Å². The third kappa shape index (κ3) is 3.49. The molecule has 19 heavy (non-hydrogen) atoms. The third-order valence-corrected chi connectivity index (χ3v) is 3.79. The Morgan fingerprint density at radius 3 is 2.79 bits per heavy atom. The Kier molecular flexibility index (Phi) is 4.83. The number of amides is 1. The molecule has 2 atom stereocenters. The Bertz CT molecular complexity index is 404. The van der Waals surface area contributed by atoms with Crippen molar-refractivity contribution in [1.29, 1.82) is 0 Å². The van der Waals surface area contributed by atoms with E-state index in [4.69, 9.17) is 4.74 Å². The van der Waals surface area contributed by atoms with Crippen molar-refractivity contribution >= 4 is 5.91 Å². The summed E-state index contributed by atoms with van der Waals surface area (Å²) >= 11 is 0. The zero-order valence-corrected chi connectivity index (χ0v) is 11.8. The predicted octanol–water partition coefficient (Wildman–Crippen LogP) is 3.25. The van der Waals surface area contributed by atoms with Gasteiger partial charge in [0.2, 0.25) is 0 Å². The van der Waals surface area contributed by atoms with Crippen LogP contribution in [-0.4, -0.2) is 29.5 Å². The fourth-order valence-corrected chi connectivity index (χ4v) is 2.70. The van der Waals surface area contributed by atoms with Crippen LogP contribution in [0.25, 0.3) is 0 Å². The van der Waals surface area contributed by atoms with Gasteiger partial charge in [-0.3, -0.25) is 4.79 Å². The smallest absolute Gasteiger partial charge is 0.263 e. The highest BCUT2D eigenvalue weighted by Gasteiger charge is 2.29. The standard InChI is InChI=1S/C16H23NO2/c1-3-14-9-7-8-12-17(14)16(18)13(2)19-15-10-5-4-6-11-15/h4-6,10-11,13-14H,3,7-9,12H2,1-2H3/t13-,14+/m1/s1. The maximum Gasteiger partial charge on any atom is 0.263 e. The van der Waals surface area contributed by atoms with Gasteiger partial charge in [-0.2, -0.15) is 0 Å². The van der Waals surface area contributed by atoms with Crippen LogP contribution in [0.1, 0.15) is 39.5 Å². The van der Waals surface area contributed by atoms with E-state index < -0.39 is 6.10 Å². The lowest BCUT2D eigenvalue weighted by Gasteiger charge is -2.36. The number of carbonyl (C=O) groups is 1. The van der Waals surface area contributed by atoms with Crippen molar-refractivity contribution in [2.75, 3.05) is 6.54 Å². The molecule has 1 aromatic carbocycles. The summed E-state index contributed by atoms with van der Waals surface area (Å²) in [6.07, 6.45) is 4.09. The van der Waals surface area contributed by atoms with E-state index in [1.807, 2.05) is 42.2 Å². The van der Waals surface area contributed by atoms with E-state index in [0.717, 1.165) is 31.6 Å². The van der Waals surface area contributed by atoms with Crippen LogP contribution in [0.2, 0.25) is 0 Å². The Balaban J connectivity index is 1.98. The van der Waals surface area contributed by atoms with Gasteiger partial charge in [0.15, 0.2) is 6.10 Å². The Labute approximate surface area is 115 Å². The Hall–Kier alpha value is -1.51. The van der Waals surface area contributed by atoms with E-state index in [-0.39, 0.29) is 5.91 Å². The molecule has 1 amide bonds. The van der Waals surface area contributed by atoms with E-state index in [2.05, 4.69) is 6.92 Å². The first-order valence-corrected chi connectivity index (χ1v) is 7.24. The molecular formula is C16H23NO2. The second-order valence-electron chi connectivity index (χ2n) is 5.16. The average Bonchev–Trinajstić information content (AvgIpc) is 2.47. The van der Waals surface area contributed by atoms with Gasteiger partial charge in [-0.15, -0.1) is 0 Å². The number of hydrogen-bond acceptors (Lipinski definition) is 2. The number of ether oxygens (including phenoxy) is 1. The summed E-state index contributed by atoms with van der Waals surface area (Å²) in [5.74, 6) is 0.879. The van der Waals surface area contributed by atoms with Crippen LogP contribution in [0, 0.1) is 0 Å². The molecule has 0 radical (unpaired) electrons. The number of hydrogen-bond donors (Lipinski definition) is 0. The maximum atomic E-state index is 12.5. The molecule has 0 saturated carbocycles. The van der Waals surface area contributed by atoms with Crippen LogP contribution in [0.4, 0.5) is 0 Å².